The van der Waals surface area contributed by atoms with Gasteiger partial charge in [0.05, 0.1) is 173 Å². The molecule has 22 nitrogen and oxygen atoms in total. The number of non-ortho nitro benzene ring substituents is 1. The van der Waals surface area contributed by atoms with Crippen LogP contribution in [0.3, 0.4) is 0 Å². The highest BCUT2D eigenvalue weighted by atomic mass is 31.2. The summed E-state index contributed by atoms with van der Waals surface area (Å²) < 4.78 is 76.8. The van der Waals surface area contributed by atoms with E-state index in [0.717, 1.165) is 6.07 Å². The van der Waals surface area contributed by atoms with E-state index in [9.17, 15) is 34.5 Å². The van der Waals surface area contributed by atoms with Crippen LogP contribution >= 0.6 is 7.60 Å². The van der Waals surface area contributed by atoms with Crippen LogP contribution < -0.4 is 0 Å². The van der Waals surface area contributed by atoms with Crippen molar-refractivity contribution in [2.45, 2.75) is 32.6 Å². The van der Waals surface area contributed by atoms with Crippen molar-refractivity contribution < 1.29 is 85.8 Å². The molecule has 0 amide bonds. The molecule has 0 radical (unpaired) electrons. The zero-order valence-corrected chi connectivity index (χ0v) is 35.6. The average molecular weight is 889 g/mol. The molecule has 0 aliphatic carbocycles. The van der Waals surface area contributed by atoms with Gasteiger partial charge in [0.15, 0.2) is 0 Å². The summed E-state index contributed by atoms with van der Waals surface area (Å²) in [4.78, 5) is 41.8. The average Bonchev–Trinajstić information content (AvgIpc) is 3.21. The molecular formula is C37H65N2O20P. The van der Waals surface area contributed by atoms with Crippen molar-refractivity contribution in [2.75, 3.05) is 158 Å². The summed E-state index contributed by atoms with van der Waals surface area (Å²) >= 11 is 0. The molecule has 1 aromatic carbocycles. The normalized spacial score (nSPS) is 13.0. The molecule has 1 rings (SSSR count). The molecule has 0 spiro atoms. The predicted octanol–water partition coefficient (Wildman–Crippen LogP) is 3.32. The maximum atomic E-state index is 12.0. The number of ether oxygens (including phenoxy) is 11. The number of nitro benzene ring substituents is 2. The van der Waals surface area contributed by atoms with Crippen molar-refractivity contribution in [1.82, 2.24) is 0 Å². The molecule has 0 aliphatic heterocycles. The van der Waals surface area contributed by atoms with Gasteiger partial charge in [-0.15, -0.1) is 0 Å². The summed E-state index contributed by atoms with van der Waals surface area (Å²) in [6, 6.07) is 3.64. The number of carbonyl (C=O) groups is 1. The molecule has 0 bridgehead atoms. The molecule has 348 valence electrons. The molecule has 0 saturated carbocycles. The lowest BCUT2D eigenvalue weighted by molar-refractivity contribution is -0.394. The largest absolute Gasteiger partial charge is 0.481 e. The van der Waals surface area contributed by atoms with E-state index in [1.54, 1.807) is 0 Å². The van der Waals surface area contributed by atoms with Gasteiger partial charge in [-0.2, -0.15) is 0 Å². The number of aliphatic carboxylic acids is 1. The lowest BCUT2D eigenvalue weighted by Gasteiger charge is -2.16. The standard InChI is InChI=1S/C37H65N2O20P/c1-2-4-34(37(40)41)32-60(46,47)59-30-29-58-28-27-57-26-25-56-24-23-55-22-21-54-20-19-53-18-17-52-16-15-51-14-13-50-12-11-49-10-9-48-8-3-5-33-6-7-35(38(42)43)31-36(33)39(44)45/h6-7,31,34H,2-5,8-30,32H2,1H3,(H,40,41)(H,46,47). The van der Waals surface area contributed by atoms with Crippen LogP contribution in [0.1, 0.15) is 31.7 Å². The number of nitro groups is 2. The highest BCUT2D eigenvalue weighted by Crippen LogP contribution is 2.44. The quantitative estimate of drug-likeness (QED) is 0.0411. The molecule has 0 fully saturated rings. The van der Waals surface area contributed by atoms with Crippen LogP contribution in [-0.2, 0) is 72.4 Å². The summed E-state index contributed by atoms with van der Waals surface area (Å²) in [5, 5.41) is 31.2. The van der Waals surface area contributed by atoms with E-state index in [4.69, 9.17) is 61.7 Å². The third-order valence-corrected chi connectivity index (χ3v) is 9.38. The van der Waals surface area contributed by atoms with Gasteiger partial charge in [0.1, 0.15) is 0 Å². The van der Waals surface area contributed by atoms with Gasteiger partial charge < -0.3 is 66.6 Å². The van der Waals surface area contributed by atoms with Crippen LogP contribution in [0.4, 0.5) is 11.4 Å². The predicted molar refractivity (Wildman–Crippen MR) is 214 cm³/mol. The number of hydrogen-bond acceptors (Lipinski definition) is 18. The molecule has 0 aromatic heterocycles. The molecule has 0 heterocycles. The number of benzene rings is 1. The minimum Gasteiger partial charge on any atom is -0.481 e. The lowest BCUT2D eigenvalue weighted by atomic mass is 10.1. The Balaban J connectivity index is 1.73. The molecule has 2 N–H and O–H groups in total. The number of hydrogen-bond donors (Lipinski definition) is 2. The fraction of sp³-hybridized carbons (Fsp3) is 0.811. The third-order valence-electron chi connectivity index (χ3n) is 7.89. The van der Waals surface area contributed by atoms with Gasteiger partial charge in [-0.05, 0) is 25.3 Å². The second-order valence-corrected chi connectivity index (χ2v) is 14.5. The van der Waals surface area contributed by atoms with Gasteiger partial charge in [0, 0.05) is 18.2 Å². The van der Waals surface area contributed by atoms with Crippen molar-refractivity contribution in [2.24, 2.45) is 5.92 Å². The first-order chi connectivity index (χ1) is 29.1. The molecule has 1 aromatic rings. The number of rotatable bonds is 45. The number of carboxylic acid groups (broad SMARTS) is 1. The van der Waals surface area contributed by atoms with Gasteiger partial charge in [0.2, 0.25) is 0 Å². The van der Waals surface area contributed by atoms with Crippen LogP contribution in [0.5, 0.6) is 0 Å². The minimum absolute atomic E-state index is 0.0832. The minimum atomic E-state index is -4.00. The van der Waals surface area contributed by atoms with E-state index in [2.05, 4.69) is 0 Å². The van der Waals surface area contributed by atoms with Gasteiger partial charge >= 0.3 is 13.6 Å². The van der Waals surface area contributed by atoms with Crippen LogP contribution in [0, 0.1) is 26.1 Å². The highest BCUT2D eigenvalue weighted by molar-refractivity contribution is 7.52. The zero-order chi connectivity index (χ0) is 43.9. The second kappa shape index (κ2) is 37.9. The fourth-order valence-corrected chi connectivity index (χ4v) is 6.29. The topological polar surface area (TPSA) is 272 Å². The van der Waals surface area contributed by atoms with Crippen LogP contribution in [0.15, 0.2) is 18.2 Å². The van der Waals surface area contributed by atoms with Crippen LogP contribution in [0.2, 0.25) is 0 Å². The van der Waals surface area contributed by atoms with Gasteiger partial charge in [-0.1, -0.05) is 13.3 Å². The van der Waals surface area contributed by atoms with E-state index in [0.29, 0.717) is 163 Å². The van der Waals surface area contributed by atoms with Crippen molar-refractivity contribution in [3.05, 3.63) is 44.0 Å². The Morgan fingerprint density at radius 1 is 0.600 bits per heavy atom. The molecule has 23 heteroatoms. The maximum Gasteiger partial charge on any atom is 0.329 e. The smallest absolute Gasteiger partial charge is 0.329 e. The Kier molecular flexibility index (Phi) is 34.9. The fourth-order valence-electron chi connectivity index (χ4n) is 4.92. The van der Waals surface area contributed by atoms with E-state index >= 15 is 0 Å². The van der Waals surface area contributed by atoms with Crippen molar-refractivity contribution in [3.63, 3.8) is 0 Å². The van der Waals surface area contributed by atoms with E-state index in [1.165, 1.54) is 12.1 Å². The number of nitrogens with zero attached hydrogens (tertiary/aromatic N) is 2. The first-order valence-electron chi connectivity index (χ1n) is 20.0. The first-order valence-corrected chi connectivity index (χ1v) is 21.8. The Labute approximate surface area is 351 Å². The number of carboxylic acids is 1. The summed E-state index contributed by atoms with van der Waals surface area (Å²) in [6.45, 7) is 10.2. The number of aryl methyl sites for hydroxylation is 1. The van der Waals surface area contributed by atoms with E-state index in [-0.39, 0.29) is 31.2 Å². The Bertz CT molecular complexity index is 1300. The third kappa shape index (κ3) is 32.0. The highest BCUT2D eigenvalue weighted by Gasteiger charge is 2.29. The van der Waals surface area contributed by atoms with Crippen molar-refractivity contribution in [1.29, 1.82) is 0 Å². The maximum absolute atomic E-state index is 12.0. The molecule has 60 heavy (non-hydrogen) atoms. The Morgan fingerprint density at radius 2 is 0.950 bits per heavy atom. The molecule has 0 aliphatic rings. The monoisotopic (exact) mass is 888 g/mol. The first kappa shape index (κ1) is 55.2. The molecule has 2 unspecified atom stereocenters. The van der Waals surface area contributed by atoms with Crippen LogP contribution in [-0.4, -0.2) is 184 Å². The zero-order valence-electron chi connectivity index (χ0n) is 34.7. The molecule has 0 saturated heterocycles. The lowest BCUT2D eigenvalue weighted by Crippen LogP contribution is -2.19. The summed E-state index contributed by atoms with van der Waals surface area (Å²) in [5.74, 6) is -2.02. The van der Waals surface area contributed by atoms with Gasteiger partial charge in [0.25, 0.3) is 11.4 Å². The van der Waals surface area contributed by atoms with Crippen LogP contribution in [0.25, 0.3) is 0 Å². The van der Waals surface area contributed by atoms with Crippen molar-refractivity contribution >= 4 is 24.9 Å². The Hall–Kier alpha value is -2.80. The Morgan fingerprint density at radius 3 is 1.27 bits per heavy atom. The van der Waals surface area contributed by atoms with E-state index in [1.807, 2.05) is 6.92 Å². The second-order valence-electron chi connectivity index (χ2n) is 12.6. The molecular weight excluding hydrogens is 823 g/mol. The summed E-state index contributed by atoms with van der Waals surface area (Å²) in [5.41, 5.74) is -0.155. The summed E-state index contributed by atoms with van der Waals surface area (Å²) in [6.07, 6.45) is 1.38. The summed E-state index contributed by atoms with van der Waals surface area (Å²) in [7, 11) is -4.00. The van der Waals surface area contributed by atoms with Crippen molar-refractivity contribution in [3.8, 4) is 0 Å². The van der Waals surface area contributed by atoms with E-state index < -0.39 is 35.5 Å². The SMILES string of the molecule is CCCC(CP(=O)(O)OCCOCCOCCOCCOCCOCCOCCOCCOCCOCCOCCOCCCc1ccc([N+](=O)[O-])cc1[N+](=O)[O-])C(=O)O. The van der Waals surface area contributed by atoms with Gasteiger partial charge in [-0.3, -0.25) is 29.6 Å². The van der Waals surface area contributed by atoms with Gasteiger partial charge in [-0.25, -0.2) is 0 Å². The molecule has 2 atom stereocenters.